The van der Waals surface area contributed by atoms with E-state index in [9.17, 15) is 19.2 Å². The fraction of sp³-hybridized carbons (Fsp3) is 0.565. The molecule has 0 bridgehead atoms. The Hall–Kier alpha value is -2.82. The fourth-order valence-electron chi connectivity index (χ4n) is 2.55. The van der Waals surface area contributed by atoms with Gasteiger partial charge in [-0.15, -0.1) is 0 Å². The lowest BCUT2D eigenvalue weighted by Gasteiger charge is -2.25. The molecular weight excluding hydrogens is 428 g/mol. The van der Waals surface area contributed by atoms with E-state index in [-0.39, 0.29) is 24.8 Å². The molecule has 0 aliphatic heterocycles. The Morgan fingerprint density at radius 2 is 1.73 bits per heavy atom. The summed E-state index contributed by atoms with van der Waals surface area (Å²) in [6.45, 7) is 17.4. The van der Waals surface area contributed by atoms with Crippen molar-refractivity contribution in [3.63, 3.8) is 0 Å². The zero-order valence-electron chi connectivity index (χ0n) is 20.4. The van der Waals surface area contributed by atoms with Crippen molar-refractivity contribution in [1.29, 1.82) is 0 Å². The van der Waals surface area contributed by atoms with Crippen LogP contribution in [0.3, 0.4) is 0 Å². The molecule has 0 radical (unpaired) electrons. The lowest BCUT2D eigenvalue weighted by atomic mass is 10.0. The number of allylic oxidation sites excluding steroid dienone is 1. The molecule has 10 heteroatoms. The molecule has 10 nitrogen and oxygen atoms in total. The normalized spacial score (nSPS) is 11.7. The second-order valence-electron chi connectivity index (χ2n) is 6.60. The molecule has 0 fully saturated rings. The van der Waals surface area contributed by atoms with Crippen LogP contribution in [-0.4, -0.2) is 75.1 Å². The topological polar surface area (TPSA) is 140 Å². The number of carbonyl (C=O) groups is 4. The smallest absolute Gasteiger partial charge is 0.262 e. The quantitative estimate of drug-likeness (QED) is 0.117. The molecule has 4 amide bonds. The lowest BCUT2D eigenvalue weighted by Crippen LogP contribution is -2.40. The molecule has 0 saturated heterocycles. The van der Waals surface area contributed by atoms with Crippen LogP contribution in [0.15, 0.2) is 36.1 Å². The third-order valence-electron chi connectivity index (χ3n) is 4.14. The van der Waals surface area contributed by atoms with Gasteiger partial charge in [-0.05, 0) is 31.9 Å². The molecule has 0 aromatic rings. The number of nitrogens with two attached hydrogens (primary N) is 1. The molecule has 188 valence electrons. The molecule has 0 aliphatic rings. The van der Waals surface area contributed by atoms with E-state index in [1.807, 2.05) is 19.2 Å². The first-order valence-electron chi connectivity index (χ1n) is 11.0. The highest BCUT2D eigenvalue weighted by molar-refractivity contribution is 6.03. The predicted octanol–water partition coefficient (Wildman–Crippen LogP) is 1.04. The van der Waals surface area contributed by atoms with E-state index >= 15 is 0 Å². The molecule has 0 saturated carbocycles. The lowest BCUT2D eigenvalue weighted by molar-refractivity contribution is -0.138. The van der Waals surface area contributed by atoms with E-state index in [0.717, 1.165) is 4.90 Å². The average Bonchev–Trinajstić information content (AvgIpc) is 2.80. The zero-order valence-corrected chi connectivity index (χ0v) is 20.4. The number of imide groups is 2. The summed E-state index contributed by atoms with van der Waals surface area (Å²) < 4.78 is 10.6. The van der Waals surface area contributed by atoms with E-state index in [0.29, 0.717) is 57.2 Å². The Kier molecular flexibility index (Phi) is 20.6. The van der Waals surface area contributed by atoms with E-state index < -0.39 is 17.9 Å². The van der Waals surface area contributed by atoms with Gasteiger partial charge in [-0.25, -0.2) is 0 Å². The van der Waals surface area contributed by atoms with E-state index in [1.54, 1.807) is 13.8 Å². The van der Waals surface area contributed by atoms with Gasteiger partial charge in [0.15, 0.2) is 0 Å². The summed E-state index contributed by atoms with van der Waals surface area (Å²) in [5.74, 6) is -1.05. The van der Waals surface area contributed by atoms with Crippen LogP contribution in [0.25, 0.3) is 0 Å². The van der Waals surface area contributed by atoms with Crippen LogP contribution < -0.4 is 16.4 Å². The summed E-state index contributed by atoms with van der Waals surface area (Å²) >= 11 is 0. The van der Waals surface area contributed by atoms with Crippen LogP contribution in [0.2, 0.25) is 0 Å². The Morgan fingerprint density at radius 3 is 2.21 bits per heavy atom. The maximum Gasteiger partial charge on any atom is 0.262 e. The number of rotatable bonds is 18. The van der Waals surface area contributed by atoms with Crippen molar-refractivity contribution in [3.8, 4) is 0 Å². The number of nitrogens with zero attached hydrogens (tertiary/aromatic N) is 1. The van der Waals surface area contributed by atoms with Gasteiger partial charge in [-0.3, -0.25) is 29.4 Å². The van der Waals surface area contributed by atoms with Crippen molar-refractivity contribution in [2.24, 2.45) is 5.73 Å². The molecule has 0 aromatic carbocycles. The number of amides is 4. The van der Waals surface area contributed by atoms with E-state index in [1.165, 1.54) is 6.08 Å². The van der Waals surface area contributed by atoms with Gasteiger partial charge in [0.1, 0.15) is 0 Å². The summed E-state index contributed by atoms with van der Waals surface area (Å²) in [6.07, 6.45) is 2.36. The maximum atomic E-state index is 13.0. The Labute approximate surface area is 197 Å². The Bertz CT molecular complexity index is 663. The summed E-state index contributed by atoms with van der Waals surface area (Å²) in [5.41, 5.74) is 6.39. The molecule has 1 unspecified atom stereocenters. The summed E-state index contributed by atoms with van der Waals surface area (Å²) in [6, 6.07) is -0.570. The van der Waals surface area contributed by atoms with Crippen molar-refractivity contribution in [2.75, 3.05) is 39.5 Å². The van der Waals surface area contributed by atoms with Crippen LogP contribution in [0.1, 0.15) is 40.5 Å². The monoisotopic (exact) mass is 468 g/mol. The van der Waals surface area contributed by atoms with Crippen molar-refractivity contribution < 1.29 is 28.7 Å². The van der Waals surface area contributed by atoms with Crippen LogP contribution in [0, 0.1) is 0 Å². The van der Waals surface area contributed by atoms with Gasteiger partial charge in [0.25, 0.3) is 5.91 Å². The number of nitrogens with one attached hydrogen (secondary N) is 2. The minimum absolute atomic E-state index is 0.0114. The van der Waals surface area contributed by atoms with Crippen LogP contribution >= 0.6 is 0 Å². The van der Waals surface area contributed by atoms with Gasteiger partial charge in [0.2, 0.25) is 18.7 Å². The zero-order chi connectivity index (χ0) is 25.6. The van der Waals surface area contributed by atoms with Crippen molar-refractivity contribution in [1.82, 2.24) is 15.5 Å². The highest BCUT2D eigenvalue weighted by Crippen LogP contribution is 2.18. The van der Waals surface area contributed by atoms with Gasteiger partial charge >= 0.3 is 0 Å². The highest BCUT2D eigenvalue weighted by Gasteiger charge is 2.26. The SMILES string of the molecule is C=C/C(NCCOCCOCCN)=C(\C(=C)C)C(=O)N(C=O)C(C)CCC(=O)NC=O.CC. The van der Waals surface area contributed by atoms with Crippen molar-refractivity contribution in [2.45, 2.75) is 46.6 Å². The van der Waals surface area contributed by atoms with Gasteiger partial charge in [0, 0.05) is 31.2 Å². The first kappa shape index (κ1) is 32.4. The third kappa shape index (κ3) is 14.0. The standard InChI is InChI=1S/C21H34N4O6.C2H6/c1-5-18(23-9-11-31-13-12-30-10-8-22)20(16(2)3)21(29)25(15-27)17(4)6-7-19(28)24-14-26;1-2/h5,14-15,17,23H,1-2,6-13,22H2,3-4H3,(H,24,26,28);1-2H3/b20-18-;. The van der Waals surface area contributed by atoms with Crippen LogP contribution in [0.5, 0.6) is 0 Å². The maximum absolute atomic E-state index is 13.0. The van der Waals surface area contributed by atoms with E-state index in [4.69, 9.17) is 15.2 Å². The molecule has 0 aromatic heterocycles. The summed E-state index contributed by atoms with van der Waals surface area (Å²) in [4.78, 5) is 47.4. The van der Waals surface area contributed by atoms with Crippen LogP contribution in [-0.2, 0) is 28.7 Å². The Balaban J connectivity index is 0. The van der Waals surface area contributed by atoms with Gasteiger partial charge in [-0.1, -0.05) is 27.0 Å². The van der Waals surface area contributed by atoms with Gasteiger partial charge in [-0.2, -0.15) is 0 Å². The second kappa shape index (κ2) is 21.0. The van der Waals surface area contributed by atoms with Crippen LogP contribution in [0.4, 0.5) is 0 Å². The Morgan fingerprint density at radius 1 is 1.12 bits per heavy atom. The first-order valence-corrected chi connectivity index (χ1v) is 11.0. The van der Waals surface area contributed by atoms with Crippen molar-refractivity contribution >= 4 is 24.6 Å². The second-order valence-corrected chi connectivity index (χ2v) is 6.60. The number of ether oxygens (including phenoxy) is 2. The minimum Gasteiger partial charge on any atom is -0.382 e. The molecule has 0 spiro atoms. The number of hydrogen-bond donors (Lipinski definition) is 3. The molecule has 4 N–H and O–H groups in total. The molecule has 0 heterocycles. The minimum atomic E-state index is -0.570. The van der Waals surface area contributed by atoms with E-state index in [2.05, 4.69) is 18.5 Å². The first-order chi connectivity index (χ1) is 15.8. The highest BCUT2D eigenvalue weighted by atomic mass is 16.5. The average molecular weight is 469 g/mol. The largest absolute Gasteiger partial charge is 0.382 e. The fourth-order valence-corrected chi connectivity index (χ4v) is 2.55. The number of carbonyl (C=O) groups excluding carboxylic acids is 4. The summed E-state index contributed by atoms with van der Waals surface area (Å²) in [7, 11) is 0. The molecular formula is C23H40N4O6. The predicted molar refractivity (Wildman–Crippen MR) is 128 cm³/mol. The summed E-state index contributed by atoms with van der Waals surface area (Å²) in [5, 5.41) is 5.09. The van der Waals surface area contributed by atoms with Crippen molar-refractivity contribution in [3.05, 3.63) is 36.1 Å². The molecule has 0 rings (SSSR count). The third-order valence-corrected chi connectivity index (χ3v) is 4.14. The van der Waals surface area contributed by atoms with Gasteiger partial charge < -0.3 is 20.5 Å². The molecule has 0 aliphatic carbocycles. The molecule has 1 atom stereocenters. The van der Waals surface area contributed by atoms with Gasteiger partial charge in [0.05, 0.1) is 32.0 Å². The number of hydrogen-bond acceptors (Lipinski definition) is 8. The molecule has 33 heavy (non-hydrogen) atoms.